The number of amides is 1. The zero-order chi connectivity index (χ0) is 13.0. The van der Waals surface area contributed by atoms with Gasteiger partial charge in [-0.25, -0.2) is 0 Å². The van der Waals surface area contributed by atoms with Crippen molar-refractivity contribution in [2.75, 3.05) is 19.6 Å². The van der Waals surface area contributed by atoms with Crippen LogP contribution in [0.4, 0.5) is 0 Å². The smallest absolute Gasteiger partial charge is 0.261 e. The Kier molecular flexibility index (Phi) is 2.71. The summed E-state index contributed by atoms with van der Waals surface area (Å²) < 4.78 is 0. The van der Waals surface area contributed by atoms with Gasteiger partial charge in [-0.3, -0.25) is 4.79 Å². The first-order valence-electron chi connectivity index (χ1n) is 7.28. The molecule has 4 fully saturated rings. The highest BCUT2D eigenvalue weighted by Crippen LogP contribution is 2.43. The maximum atomic E-state index is 12.3. The van der Waals surface area contributed by atoms with Crippen molar-refractivity contribution in [3.8, 4) is 0 Å². The molecule has 5 rings (SSSR count). The summed E-state index contributed by atoms with van der Waals surface area (Å²) in [5.41, 5.74) is 0. The molecule has 4 aliphatic rings. The number of aryl methyl sites for hydroxylation is 1. The Bertz CT molecular complexity index is 482. The molecule has 1 saturated carbocycles. The fourth-order valence-electron chi connectivity index (χ4n) is 4.42. The predicted molar refractivity (Wildman–Crippen MR) is 76.5 cm³/mol. The fraction of sp³-hybridized carbons (Fsp3) is 0.667. The van der Waals surface area contributed by atoms with Crippen molar-refractivity contribution in [1.29, 1.82) is 0 Å². The van der Waals surface area contributed by atoms with Crippen molar-refractivity contribution in [3.63, 3.8) is 0 Å². The maximum absolute atomic E-state index is 12.3. The van der Waals surface area contributed by atoms with Gasteiger partial charge in [0.05, 0.1) is 4.88 Å². The molecule has 4 heteroatoms. The van der Waals surface area contributed by atoms with E-state index >= 15 is 0 Å². The van der Waals surface area contributed by atoms with Crippen molar-refractivity contribution in [2.45, 2.75) is 25.8 Å². The lowest BCUT2D eigenvalue weighted by Gasteiger charge is -2.55. The van der Waals surface area contributed by atoms with Crippen LogP contribution in [0.5, 0.6) is 0 Å². The lowest BCUT2D eigenvalue weighted by atomic mass is 9.65. The van der Waals surface area contributed by atoms with Crippen LogP contribution in [0, 0.1) is 24.7 Å². The Morgan fingerprint density at radius 2 is 2.00 bits per heavy atom. The minimum atomic E-state index is 0.144. The van der Waals surface area contributed by atoms with Gasteiger partial charge in [-0.2, -0.15) is 0 Å². The average molecular weight is 276 g/mol. The Labute approximate surface area is 118 Å². The summed E-state index contributed by atoms with van der Waals surface area (Å²) >= 11 is 1.60. The van der Waals surface area contributed by atoms with E-state index in [-0.39, 0.29) is 5.91 Å². The van der Waals surface area contributed by atoms with Crippen LogP contribution in [-0.2, 0) is 0 Å². The largest absolute Gasteiger partial charge is 0.348 e. The molecular formula is C15H20N2OS. The van der Waals surface area contributed by atoms with Crippen molar-refractivity contribution in [3.05, 3.63) is 21.9 Å². The van der Waals surface area contributed by atoms with E-state index in [9.17, 15) is 4.79 Å². The second kappa shape index (κ2) is 4.32. The number of nitrogens with one attached hydrogen (secondary N) is 1. The molecule has 102 valence electrons. The SMILES string of the molecule is Cc1ccc(C(=O)NC2[C@H]3CC4C[C@H]2CN(C4)C3)s1. The maximum Gasteiger partial charge on any atom is 0.261 e. The molecular weight excluding hydrogens is 256 g/mol. The van der Waals surface area contributed by atoms with Crippen molar-refractivity contribution in [2.24, 2.45) is 17.8 Å². The minimum absolute atomic E-state index is 0.144. The molecule has 19 heavy (non-hydrogen) atoms. The van der Waals surface area contributed by atoms with Gasteiger partial charge in [-0.05, 0) is 49.7 Å². The van der Waals surface area contributed by atoms with Crippen LogP contribution in [0.25, 0.3) is 0 Å². The fourth-order valence-corrected chi connectivity index (χ4v) is 5.19. The minimum Gasteiger partial charge on any atom is -0.348 e. The third-order valence-electron chi connectivity index (χ3n) is 5.05. The first kappa shape index (κ1) is 11.9. The molecule has 0 spiro atoms. The summed E-state index contributed by atoms with van der Waals surface area (Å²) in [6.07, 6.45) is 2.64. The zero-order valence-corrected chi connectivity index (χ0v) is 12.1. The van der Waals surface area contributed by atoms with Gasteiger partial charge in [0.25, 0.3) is 5.91 Å². The first-order valence-corrected chi connectivity index (χ1v) is 8.10. The van der Waals surface area contributed by atoms with Gasteiger partial charge in [0.2, 0.25) is 0 Å². The van der Waals surface area contributed by atoms with Crippen LogP contribution in [0.1, 0.15) is 27.4 Å². The molecule has 1 aromatic rings. The van der Waals surface area contributed by atoms with E-state index in [0.717, 1.165) is 10.8 Å². The number of thiophene rings is 1. The molecule has 0 unspecified atom stereocenters. The van der Waals surface area contributed by atoms with E-state index < -0.39 is 0 Å². The molecule has 3 saturated heterocycles. The molecule has 1 aliphatic carbocycles. The summed E-state index contributed by atoms with van der Waals surface area (Å²) in [7, 11) is 0. The number of hydrogen-bond acceptors (Lipinski definition) is 3. The molecule has 1 aromatic heterocycles. The van der Waals surface area contributed by atoms with Crippen molar-refractivity contribution < 1.29 is 4.79 Å². The quantitative estimate of drug-likeness (QED) is 0.897. The summed E-state index contributed by atoms with van der Waals surface area (Å²) in [5, 5.41) is 3.34. The molecule has 3 aliphatic heterocycles. The number of rotatable bonds is 2. The van der Waals surface area contributed by atoms with Gasteiger partial charge in [0.1, 0.15) is 0 Å². The summed E-state index contributed by atoms with van der Waals surface area (Å²) in [6.45, 7) is 5.75. The lowest BCUT2D eigenvalue weighted by molar-refractivity contribution is -0.0418. The first-order chi connectivity index (χ1) is 9.19. The van der Waals surface area contributed by atoms with Crippen LogP contribution in [0.2, 0.25) is 0 Å². The van der Waals surface area contributed by atoms with Crippen molar-refractivity contribution in [1.82, 2.24) is 10.2 Å². The molecule has 2 atom stereocenters. The van der Waals surface area contributed by atoms with Crippen LogP contribution in [0.15, 0.2) is 12.1 Å². The lowest BCUT2D eigenvalue weighted by Crippen LogP contribution is -2.64. The summed E-state index contributed by atoms with van der Waals surface area (Å²) in [4.78, 5) is 17.0. The van der Waals surface area contributed by atoms with Crippen molar-refractivity contribution >= 4 is 17.2 Å². The number of carbonyl (C=O) groups is 1. The van der Waals surface area contributed by atoms with Crippen LogP contribution in [0.3, 0.4) is 0 Å². The van der Waals surface area contributed by atoms with Gasteiger partial charge in [-0.1, -0.05) is 0 Å². The average Bonchev–Trinajstić information content (AvgIpc) is 2.79. The van der Waals surface area contributed by atoms with Gasteiger partial charge >= 0.3 is 0 Å². The third kappa shape index (κ3) is 2.01. The van der Waals surface area contributed by atoms with E-state index in [1.54, 1.807) is 11.3 Å². The number of carbonyl (C=O) groups excluding carboxylic acids is 1. The third-order valence-corrected chi connectivity index (χ3v) is 6.05. The Morgan fingerprint density at radius 1 is 1.26 bits per heavy atom. The predicted octanol–water partition coefficient (Wildman–Crippen LogP) is 2.13. The zero-order valence-electron chi connectivity index (χ0n) is 11.3. The Morgan fingerprint density at radius 3 is 2.58 bits per heavy atom. The number of hydrogen-bond donors (Lipinski definition) is 1. The molecule has 1 N–H and O–H groups in total. The van der Waals surface area contributed by atoms with Gasteiger partial charge in [-0.15, -0.1) is 11.3 Å². The van der Waals surface area contributed by atoms with E-state index in [0.29, 0.717) is 17.9 Å². The van der Waals surface area contributed by atoms with Crippen LogP contribution in [-0.4, -0.2) is 36.5 Å². The molecule has 4 bridgehead atoms. The summed E-state index contributed by atoms with van der Waals surface area (Å²) in [5.74, 6) is 2.42. The van der Waals surface area contributed by atoms with Crippen LogP contribution < -0.4 is 5.32 Å². The van der Waals surface area contributed by atoms with Gasteiger partial charge in [0, 0.05) is 30.6 Å². The summed E-state index contributed by atoms with van der Waals surface area (Å²) in [6, 6.07) is 4.40. The van der Waals surface area contributed by atoms with Gasteiger partial charge in [0.15, 0.2) is 0 Å². The molecule has 0 radical (unpaired) electrons. The highest BCUT2D eigenvalue weighted by Gasteiger charge is 2.47. The number of piperidine rings is 3. The molecule has 4 heterocycles. The second-order valence-electron chi connectivity index (χ2n) is 6.49. The Balaban J connectivity index is 1.49. The van der Waals surface area contributed by atoms with E-state index in [1.807, 2.05) is 12.1 Å². The highest BCUT2D eigenvalue weighted by molar-refractivity contribution is 7.13. The molecule has 0 aromatic carbocycles. The van der Waals surface area contributed by atoms with Gasteiger partial charge < -0.3 is 10.2 Å². The number of nitrogens with zero attached hydrogens (tertiary/aromatic N) is 1. The molecule has 1 amide bonds. The van der Waals surface area contributed by atoms with E-state index in [1.165, 1.54) is 37.4 Å². The Hall–Kier alpha value is -0.870. The standard InChI is InChI=1S/C15H20N2OS/c1-9-2-3-13(19-9)15(18)16-14-11-4-10-5-12(14)8-17(6-10)7-11/h2-3,10-12,14H,4-8H2,1H3,(H,16,18)/t10?,11-,12-,14?/m0/s1. The topological polar surface area (TPSA) is 32.3 Å². The monoisotopic (exact) mass is 276 g/mol. The normalized spacial score (nSPS) is 39.5. The van der Waals surface area contributed by atoms with E-state index in [4.69, 9.17) is 0 Å². The molecule has 3 nitrogen and oxygen atoms in total. The van der Waals surface area contributed by atoms with Crippen LogP contribution >= 0.6 is 11.3 Å². The highest BCUT2D eigenvalue weighted by atomic mass is 32.1. The second-order valence-corrected chi connectivity index (χ2v) is 7.77. The van der Waals surface area contributed by atoms with E-state index in [2.05, 4.69) is 17.1 Å².